The second kappa shape index (κ2) is 7.37. The summed E-state index contributed by atoms with van der Waals surface area (Å²) in [4.78, 5) is 22.5. The normalized spacial score (nSPS) is 12.9. The quantitative estimate of drug-likeness (QED) is 0.592. The molecule has 27 heavy (non-hydrogen) atoms. The van der Waals surface area contributed by atoms with Crippen molar-refractivity contribution in [3.63, 3.8) is 0 Å². The zero-order valence-corrected chi connectivity index (χ0v) is 15.2. The molecule has 0 saturated carbocycles. The fourth-order valence-electron chi connectivity index (χ4n) is 2.72. The molecule has 3 aromatic rings. The standard InChI is InChI=1S/C18H17NO7S/c1-25-17(20)9-7-14(18(21)22)19-27(23,24)11-6-8-16-13(10-11)12-4-2-3-5-15(12)26-16/h2-6,8,10,14,19H,7,9H2,1H3,(H,21,22). The molecule has 142 valence electrons. The summed E-state index contributed by atoms with van der Waals surface area (Å²) in [5, 5.41) is 10.6. The van der Waals surface area contributed by atoms with Gasteiger partial charge in [-0.25, -0.2) is 8.42 Å². The van der Waals surface area contributed by atoms with Crippen molar-refractivity contribution >= 4 is 43.9 Å². The molecule has 8 nitrogen and oxygen atoms in total. The van der Waals surface area contributed by atoms with Crippen LogP contribution in [0.3, 0.4) is 0 Å². The monoisotopic (exact) mass is 391 g/mol. The summed E-state index contributed by atoms with van der Waals surface area (Å²) in [7, 11) is -2.95. The van der Waals surface area contributed by atoms with E-state index in [1.165, 1.54) is 25.3 Å². The highest BCUT2D eigenvalue weighted by atomic mass is 32.2. The van der Waals surface area contributed by atoms with E-state index in [-0.39, 0.29) is 17.7 Å². The van der Waals surface area contributed by atoms with Crippen LogP contribution in [-0.2, 0) is 24.3 Å². The van der Waals surface area contributed by atoms with Crippen LogP contribution >= 0.6 is 0 Å². The van der Waals surface area contributed by atoms with E-state index in [0.29, 0.717) is 16.6 Å². The van der Waals surface area contributed by atoms with Gasteiger partial charge in [-0.3, -0.25) is 9.59 Å². The number of nitrogens with one attached hydrogen (secondary N) is 1. The fourth-order valence-corrected chi connectivity index (χ4v) is 3.97. The van der Waals surface area contributed by atoms with Gasteiger partial charge in [0, 0.05) is 17.2 Å². The predicted molar refractivity (Wildman–Crippen MR) is 96.7 cm³/mol. The van der Waals surface area contributed by atoms with Crippen LogP contribution in [0.15, 0.2) is 51.8 Å². The van der Waals surface area contributed by atoms with E-state index in [0.717, 1.165) is 5.39 Å². The SMILES string of the molecule is COC(=O)CCC(NS(=O)(=O)c1ccc2oc3ccccc3c2c1)C(=O)O. The first kappa shape index (κ1) is 18.9. The Kier molecular flexibility index (Phi) is 5.15. The maximum Gasteiger partial charge on any atom is 0.321 e. The van der Waals surface area contributed by atoms with Gasteiger partial charge in [0.25, 0.3) is 0 Å². The van der Waals surface area contributed by atoms with Crippen molar-refractivity contribution in [2.45, 2.75) is 23.8 Å². The summed E-state index contributed by atoms with van der Waals surface area (Å²) < 4.78 is 37.5. The first-order valence-electron chi connectivity index (χ1n) is 8.05. The maximum atomic E-state index is 12.6. The first-order valence-corrected chi connectivity index (χ1v) is 9.53. The van der Waals surface area contributed by atoms with Crippen LogP contribution < -0.4 is 4.72 Å². The molecule has 0 spiro atoms. The summed E-state index contributed by atoms with van der Waals surface area (Å²) in [5.74, 6) is -2.00. The number of carboxylic acids is 1. The van der Waals surface area contributed by atoms with E-state index in [1.807, 2.05) is 12.1 Å². The van der Waals surface area contributed by atoms with Crippen LogP contribution in [0.2, 0.25) is 0 Å². The van der Waals surface area contributed by atoms with Crippen molar-refractivity contribution < 1.29 is 32.3 Å². The van der Waals surface area contributed by atoms with Gasteiger partial charge in [0.05, 0.1) is 12.0 Å². The fraction of sp³-hybridized carbons (Fsp3) is 0.222. The lowest BCUT2D eigenvalue weighted by atomic mass is 10.1. The van der Waals surface area contributed by atoms with Gasteiger partial charge in [-0.05, 0) is 30.7 Å². The Balaban J connectivity index is 1.92. The molecule has 0 bridgehead atoms. The van der Waals surface area contributed by atoms with Crippen molar-refractivity contribution in [1.29, 1.82) is 0 Å². The largest absolute Gasteiger partial charge is 0.480 e. The maximum absolute atomic E-state index is 12.6. The molecule has 0 aliphatic heterocycles. The minimum atomic E-state index is -4.12. The van der Waals surface area contributed by atoms with Crippen molar-refractivity contribution in [3.8, 4) is 0 Å². The number of aliphatic carboxylic acids is 1. The number of carboxylic acid groups (broad SMARTS) is 1. The summed E-state index contributed by atoms with van der Waals surface area (Å²) >= 11 is 0. The Morgan fingerprint density at radius 2 is 1.85 bits per heavy atom. The summed E-state index contributed by atoms with van der Waals surface area (Å²) in [6.07, 6.45) is -0.445. The molecule has 1 unspecified atom stereocenters. The third kappa shape index (κ3) is 3.93. The van der Waals surface area contributed by atoms with Crippen LogP contribution in [0.5, 0.6) is 0 Å². The van der Waals surface area contributed by atoms with Gasteiger partial charge in [-0.15, -0.1) is 0 Å². The molecule has 0 radical (unpaired) electrons. The molecule has 3 rings (SSSR count). The van der Waals surface area contributed by atoms with Gasteiger partial charge in [0.2, 0.25) is 10.0 Å². The highest BCUT2D eigenvalue weighted by Gasteiger charge is 2.26. The summed E-state index contributed by atoms with van der Waals surface area (Å²) in [6.45, 7) is 0. The average Bonchev–Trinajstić information content (AvgIpc) is 3.02. The van der Waals surface area contributed by atoms with Crippen LogP contribution in [0.1, 0.15) is 12.8 Å². The molecular weight excluding hydrogens is 374 g/mol. The molecule has 0 saturated heterocycles. The Morgan fingerprint density at radius 3 is 2.56 bits per heavy atom. The minimum absolute atomic E-state index is 0.0918. The van der Waals surface area contributed by atoms with Gasteiger partial charge in [0.15, 0.2) is 0 Å². The molecule has 1 heterocycles. The molecule has 9 heteroatoms. The molecular formula is C18H17NO7S. The van der Waals surface area contributed by atoms with Gasteiger partial charge in [0.1, 0.15) is 17.2 Å². The van der Waals surface area contributed by atoms with Crippen molar-refractivity contribution in [3.05, 3.63) is 42.5 Å². The molecule has 0 amide bonds. The van der Waals surface area contributed by atoms with Crippen molar-refractivity contribution in [1.82, 2.24) is 4.72 Å². The van der Waals surface area contributed by atoms with Crippen LogP contribution in [0.25, 0.3) is 21.9 Å². The van der Waals surface area contributed by atoms with Gasteiger partial charge in [-0.2, -0.15) is 4.72 Å². The van der Waals surface area contributed by atoms with Crippen LogP contribution in [-0.4, -0.2) is 38.6 Å². The first-order chi connectivity index (χ1) is 12.8. The number of hydrogen-bond acceptors (Lipinski definition) is 6. The molecule has 0 fully saturated rings. The molecule has 1 aromatic heterocycles. The number of rotatable bonds is 7. The number of carbonyl (C=O) groups excluding carboxylic acids is 1. The Morgan fingerprint density at radius 1 is 1.15 bits per heavy atom. The number of furan rings is 1. The highest BCUT2D eigenvalue weighted by Crippen LogP contribution is 2.30. The number of para-hydroxylation sites is 1. The number of benzene rings is 2. The topological polar surface area (TPSA) is 123 Å². The van der Waals surface area contributed by atoms with E-state index in [4.69, 9.17) is 4.42 Å². The zero-order chi connectivity index (χ0) is 19.6. The number of carbonyl (C=O) groups is 2. The number of fused-ring (bicyclic) bond motifs is 3. The predicted octanol–water partition coefficient (Wildman–Crippen LogP) is 2.27. The Hall–Kier alpha value is -2.91. The van der Waals surface area contributed by atoms with E-state index in [2.05, 4.69) is 9.46 Å². The number of ether oxygens (including phenoxy) is 1. The minimum Gasteiger partial charge on any atom is -0.480 e. The van der Waals surface area contributed by atoms with Crippen molar-refractivity contribution in [2.75, 3.05) is 7.11 Å². The van der Waals surface area contributed by atoms with Crippen LogP contribution in [0.4, 0.5) is 0 Å². The highest BCUT2D eigenvalue weighted by molar-refractivity contribution is 7.89. The second-order valence-electron chi connectivity index (χ2n) is 5.88. The van der Waals surface area contributed by atoms with Gasteiger partial charge in [-0.1, -0.05) is 18.2 Å². The Bertz CT molecular complexity index is 1120. The van der Waals surface area contributed by atoms with E-state index in [9.17, 15) is 23.1 Å². The van der Waals surface area contributed by atoms with E-state index >= 15 is 0 Å². The third-order valence-corrected chi connectivity index (χ3v) is 5.59. The molecule has 2 aromatic carbocycles. The lowest BCUT2D eigenvalue weighted by molar-refractivity contribution is -0.142. The van der Waals surface area contributed by atoms with Gasteiger partial charge < -0.3 is 14.3 Å². The number of methoxy groups -OCH3 is 1. The van der Waals surface area contributed by atoms with Gasteiger partial charge >= 0.3 is 11.9 Å². The Labute approximate surface area is 154 Å². The molecule has 1 atom stereocenters. The smallest absolute Gasteiger partial charge is 0.321 e. The number of esters is 1. The molecule has 2 N–H and O–H groups in total. The summed E-state index contributed by atoms with van der Waals surface area (Å²) in [5.41, 5.74) is 1.15. The zero-order valence-electron chi connectivity index (χ0n) is 14.3. The number of sulfonamides is 1. The van der Waals surface area contributed by atoms with Crippen LogP contribution in [0, 0.1) is 0 Å². The summed E-state index contributed by atoms with van der Waals surface area (Å²) in [6, 6.07) is 10.0. The van der Waals surface area contributed by atoms with E-state index < -0.39 is 28.0 Å². The third-order valence-electron chi connectivity index (χ3n) is 4.12. The lowest BCUT2D eigenvalue weighted by Gasteiger charge is -2.14. The lowest BCUT2D eigenvalue weighted by Crippen LogP contribution is -2.41. The van der Waals surface area contributed by atoms with Crippen molar-refractivity contribution in [2.24, 2.45) is 0 Å². The average molecular weight is 391 g/mol. The molecule has 0 aliphatic carbocycles. The number of hydrogen-bond donors (Lipinski definition) is 2. The second-order valence-corrected chi connectivity index (χ2v) is 7.60. The van der Waals surface area contributed by atoms with E-state index in [1.54, 1.807) is 12.1 Å². The molecule has 0 aliphatic rings.